The molecule has 4 nitrogen and oxygen atoms in total. The SMILES string of the molecule is Cc1ccc(Cn2ccc(NC(=S)Nc3ccc(C)cc3)n2)cc1. The second kappa shape index (κ2) is 7.27. The minimum atomic E-state index is 0.527. The van der Waals surface area contributed by atoms with Crippen LogP contribution in [0.15, 0.2) is 60.8 Å². The number of thiocarbonyl (C=S) groups is 1. The number of anilines is 2. The highest BCUT2D eigenvalue weighted by atomic mass is 32.1. The zero-order valence-corrected chi connectivity index (χ0v) is 14.6. The summed E-state index contributed by atoms with van der Waals surface area (Å²) in [6, 6.07) is 18.5. The largest absolute Gasteiger partial charge is 0.332 e. The Morgan fingerprint density at radius 1 is 0.917 bits per heavy atom. The number of nitrogens with one attached hydrogen (secondary N) is 2. The van der Waals surface area contributed by atoms with Crippen LogP contribution in [0.5, 0.6) is 0 Å². The van der Waals surface area contributed by atoms with Gasteiger partial charge in [-0.3, -0.25) is 4.68 Å². The van der Waals surface area contributed by atoms with E-state index in [1.807, 2.05) is 41.2 Å². The van der Waals surface area contributed by atoms with Crippen molar-refractivity contribution in [3.05, 3.63) is 77.5 Å². The van der Waals surface area contributed by atoms with E-state index in [4.69, 9.17) is 12.2 Å². The molecule has 0 unspecified atom stereocenters. The molecule has 1 heterocycles. The van der Waals surface area contributed by atoms with Gasteiger partial charge in [0.25, 0.3) is 0 Å². The summed E-state index contributed by atoms with van der Waals surface area (Å²) in [4.78, 5) is 0. The summed E-state index contributed by atoms with van der Waals surface area (Å²) in [5.74, 6) is 0.728. The Labute approximate surface area is 147 Å². The molecule has 0 aliphatic heterocycles. The number of rotatable bonds is 4. The first-order chi connectivity index (χ1) is 11.6. The Morgan fingerprint density at radius 2 is 1.54 bits per heavy atom. The Morgan fingerprint density at radius 3 is 2.21 bits per heavy atom. The van der Waals surface area contributed by atoms with Gasteiger partial charge < -0.3 is 10.6 Å². The topological polar surface area (TPSA) is 41.9 Å². The van der Waals surface area contributed by atoms with Gasteiger partial charge in [-0.2, -0.15) is 5.10 Å². The lowest BCUT2D eigenvalue weighted by Crippen LogP contribution is -2.19. The maximum Gasteiger partial charge on any atom is 0.176 e. The first-order valence-corrected chi connectivity index (χ1v) is 8.23. The first kappa shape index (κ1) is 16.2. The molecule has 3 aromatic rings. The molecule has 0 aliphatic rings. The van der Waals surface area contributed by atoms with Crippen molar-refractivity contribution in [1.29, 1.82) is 0 Å². The van der Waals surface area contributed by atoms with Crippen LogP contribution in [0, 0.1) is 13.8 Å². The highest BCUT2D eigenvalue weighted by molar-refractivity contribution is 7.80. The van der Waals surface area contributed by atoms with E-state index in [1.54, 1.807) is 0 Å². The van der Waals surface area contributed by atoms with E-state index in [1.165, 1.54) is 16.7 Å². The van der Waals surface area contributed by atoms with Crippen LogP contribution in [-0.4, -0.2) is 14.9 Å². The minimum absolute atomic E-state index is 0.527. The van der Waals surface area contributed by atoms with Crippen LogP contribution in [0.4, 0.5) is 11.5 Å². The van der Waals surface area contributed by atoms with Gasteiger partial charge in [-0.1, -0.05) is 47.5 Å². The molecule has 2 aromatic carbocycles. The molecule has 122 valence electrons. The monoisotopic (exact) mass is 336 g/mol. The normalized spacial score (nSPS) is 10.4. The van der Waals surface area contributed by atoms with E-state index >= 15 is 0 Å². The number of aryl methyl sites for hydroxylation is 2. The summed E-state index contributed by atoms with van der Waals surface area (Å²) < 4.78 is 1.89. The van der Waals surface area contributed by atoms with Crippen molar-refractivity contribution in [3.63, 3.8) is 0 Å². The van der Waals surface area contributed by atoms with Crippen molar-refractivity contribution in [2.24, 2.45) is 0 Å². The summed E-state index contributed by atoms with van der Waals surface area (Å²) in [6.45, 7) is 4.88. The van der Waals surface area contributed by atoms with Gasteiger partial charge in [0, 0.05) is 18.0 Å². The minimum Gasteiger partial charge on any atom is -0.332 e. The number of hydrogen-bond acceptors (Lipinski definition) is 2. The molecule has 0 saturated heterocycles. The van der Waals surface area contributed by atoms with Gasteiger partial charge in [0.1, 0.15) is 0 Å². The van der Waals surface area contributed by atoms with Gasteiger partial charge in [0.15, 0.2) is 10.9 Å². The Bertz CT molecular complexity index is 819. The number of benzene rings is 2. The van der Waals surface area contributed by atoms with Gasteiger partial charge in [-0.25, -0.2) is 0 Å². The van der Waals surface area contributed by atoms with E-state index in [0.717, 1.165) is 18.1 Å². The van der Waals surface area contributed by atoms with Crippen LogP contribution in [-0.2, 0) is 6.54 Å². The molecule has 24 heavy (non-hydrogen) atoms. The summed E-state index contributed by atoms with van der Waals surface area (Å²) in [6.07, 6.45) is 1.94. The van der Waals surface area contributed by atoms with E-state index in [0.29, 0.717) is 5.11 Å². The summed E-state index contributed by atoms with van der Waals surface area (Å²) >= 11 is 5.33. The van der Waals surface area contributed by atoms with Crippen molar-refractivity contribution in [3.8, 4) is 0 Å². The van der Waals surface area contributed by atoms with Gasteiger partial charge in [0.2, 0.25) is 0 Å². The van der Waals surface area contributed by atoms with Crippen LogP contribution in [0.3, 0.4) is 0 Å². The van der Waals surface area contributed by atoms with Gasteiger partial charge in [-0.05, 0) is 43.8 Å². The molecule has 0 bridgehead atoms. The fourth-order valence-electron chi connectivity index (χ4n) is 2.31. The predicted molar refractivity (Wildman–Crippen MR) is 104 cm³/mol. The van der Waals surface area contributed by atoms with Crippen LogP contribution in [0.2, 0.25) is 0 Å². The van der Waals surface area contributed by atoms with Crippen molar-refractivity contribution in [2.45, 2.75) is 20.4 Å². The molecule has 3 rings (SSSR count). The molecule has 0 spiro atoms. The quantitative estimate of drug-likeness (QED) is 0.695. The summed E-state index contributed by atoms with van der Waals surface area (Å²) in [5, 5.41) is 11.3. The van der Waals surface area contributed by atoms with Gasteiger partial charge in [0.05, 0.1) is 6.54 Å². The average Bonchev–Trinajstić information content (AvgIpc) is 2.99. The Balaban J connectivity index is 1.58. The highest BCUT2D eigenvalue weighted by Gasteiger charge is 2.03. The van der Waals surface area contributed by atoms with Crippen LogP contribution >= 0.6 is 12.2 Å². The first-order valence-electron chi connectivity index (χ1n) is 7.82. The zero-order valence-electron chi connectivity index (χ0n) is 13.8. The average molecular weight is 336 g/mol. The molecule has 2 N–H and O–H groups in total. The molecule has 0 amide bonds. The third-order valence-electron chi connectivity index (χ3n) is 3.66. The molecule has 0 saturated carbocycles. The van der Waals surface area contributed by atoms with E-state index in [9.17, 15) is 0 Å². The maximum absolute atomic E-state index is 5.33. The third kappa shape index (κ3) is 4.43. The fraction of sp³-hybridized carbons (Fsp3) is 0.158. The third-order valence-corrected chi connectivity index (χ3v) is 3.86. The number of nitrogens with zero attached hydrogens (tertiary/aromatic N) is 2. The molecular weight excluding hydrogens is 316 g/mol. The van der Waals surface area contributed by atoms with Crippen molar-refractivity contribution >= 4 is 28.8 Å². The molecular formula is C19H20N4S. The van der Waals surface area contributed by atoms with Crippen molar-refractivity contribution < 1.29 is 0 Å². The standard InChI is InChI=1S/C19H20N4S/c1-14-3-7-16(8-4-14)13-23-12-11-18(22-23)21-19(24)20-17-9-5-15(2)6-10-17/h3-12H,13H2,1-2H3,(H2,20,21,22,24). The molecule has 0 fully saturated rings. The molecule has 0 aliphatic carbocycles. The maximum atomic E-state index is 5.33. The second-order valence-corrected chi connectivity index (χ2v) is 6.24. The molecule has 5 heteroatoms. The second-order valence-electron chi connectivity index (χ2n) is 5.83. The summed E-state index contributed by atoms with van der Waals surface area (Å²) in [5.41, 5.74) is 4.65. The Hall–Kier alpha value is -2.66. The molecule has 1 aromatic heterocycles. The van der Waals surface area contributed by atoms with Gasteiger partial charge >= 0.3 is 0 Å². The highest BCUT2D eigenvalue weighted by Crippen LogP contribution is 2.11. The van der Waals surface area contributed by atoms with E-state index < -0.39 is 0 Å². The fourth-order valence-corrected chi connectivity index (χ4v) is 2.53. The van der Waals surface area contributed by atoms with Crippen molar-refractivity contribution in [2.75, 3.05) is 10.6 Å². The van der Waals surface area contributed by atoms with Crippen LogP contribution in [0.25, 0.3) is 0 Å². The molecule has 0 radical (unpaired) electrons. The van der Waals surface area contributed by atoms with Crippen molar-refractivity contribution in [1.82, 2.24) is 9.78 Å². The lowest BCUT2D eigenvalue weighted by Gasteiger charge is -2.08. The zero-order chi connectivity index (χ0) is 16.9. The van der Waals surface area contributed by atoms with Gasteiger partial charge in [-0.15, -0.1) is 0 Å². The summed E-state index contributed by atoms with van der Waals surface area (Å²) in [7, 11) is 0. The molecule has 0 atom stereocenters. The number of hydrogen-bond donors (Lipinski definition) is 2. The van der Waals surface area contributed by atoms with E-state index in [-0.39, 0.29) is 0 Å². The van der Waals surface area contributed by atoms with Crippen LogP contribution < -0.4 is 10.6 Å². The lowest BCUT2D eigenvalue weighted by molar-refractivity contribution is 0.690. The smallest absolute Gasteiger partial charge is 0.176 e. The Kier molecular flexibility index (Phi) is 4.91. The number of aromatic nitrogens is 2. The van der Waals surface area contributed by atoms with Crippen LogP contribution in [0.1, 0.15) is 16.7 Å². The van der Waals surface area contributed by atoms with E-state index in [2.05, 4.69) is 53.8 Å². The predicted octanol–water partition coefficient (Wildman–Crippen LogP) is 4.36. The lowest BCUT2D eigenvalue weighted by atomic mass is 10.1.